The van der Waals surface area contributed by atoms with Crippen LogP contribution in [-0.4, -0.2) is 52.7 Å². The van der Waals surface area contributed by atoms with Gasteiger partial charge in [0, 0.05) is 51.8 Å². The van der Waals surface area contributed by atoms with Crippen molar-refractivity contribution in [1.29, 1.82) is 0 Å². The summed E-state index contributed by atoms with van der Waals surface area (Å²) in [5, 5.41) is 17.1. The SMILES string of the molecule is C[C@@H]1CCC[C@H](n2cnc(-c3cc(Cl)ccc3-n3cc(C(F)(F)F)nn3)cc2=O)c2cncc(c2)-c2cc(F)ccc2NC1=O.O=C(O)C(F)(F)F. The lowest BCUT2D eigenvalue weighted by molar-refractivity contribution is -0.192. The van der Waals surface area contributed by atoms with Crippen molar-refractivity contribution < 1.29 is 45.4 Å². The van der Waals surface area contributed by atoms with Crippen molar-refractivity contribution >= 4 is 29.2 Å². The summed E-state index contributed by atoms with van der Waals surface area (Å²) in [7, 11) is 0. The highest BCUT2D eigenvalue weighted by atomic mass is 35.5. The number of carboxylic acid groups (broad SMARTS) is 1. The fourth-order valence-corrected chi connectivity index (χ4v) is 5.51. The summed E-state index contributed by atoms with van der Waals surface area (Å²) < 4.78 is 88.0. The number of hydrogen-bond donors (Lipinski definition) is 2. The van der Waals surface area contributed by atoms with Gasteiger partial charge in [-0.2, -0.15) is 26.3 Å². The number of carbonyl (C=O) groups is 2. The van der Waals surface area contributed by atoms with Crippen LogP contribution in [0, 0.1) is 11.7 Å². The van der Waals surface area contributed by atoms with Crippen LogP contribution in [0.4, 0.5) is 36.4 Å². The molecule has 0 saturated carbocycles. The Bertz CT molecular complexity index is 2190. The molecule has 11 nitrogen and oxygen atoms in total. The largest absolute Gasteiger partial charge is 0.490 e. The molecule has 3 aromatic heterocycles. The van der Waals surface area contributed by atoms with E-state index < -0.39 is 41.4 Å². The second-order valence-electron chi connectivity index (χ2n) is 11.6. The van der Waals surface area contributed by atoms with Gasteiger partial charge >= 0.3 is 18.3 Å². The second kappa shape index (κ2) is 14.9. The molecule has 0 spiro atoms. The van der Waals surface area contributed by atoms with Crippen molar-refractivity contribution in [2.24, 2.45) is 5.92 Å². The molecule has 2 bridgehead atoms. The Hall–Kier alpha value is -5.65. The molecule has 4 heterocycles. The van der Waals surface area contributed by atoms with Crippen LogP contribution in [-0.2, 0) is 15.8 Å². The van der Waals surface area contributed by atoms with Gasteiger partial charge in [0.1, 0.15) is 5.82 Å². The van der Waals surface area contributed by atoms with E-state index in [1.54, 1.807) is 25.4 Å². The number of benzene rings is 2. The first-order chi connectivity index (χ1) is 24.4. The molecule has 2 atom stereocenters. The molecule has 0 unspecified atom stereocenters. The Kier molecular flexibility index (Phi) is 10.8. The van der Waals surface area contributed by atoms with Crippen LogP contribution in [0.5, 0.6) is 0 Å². The van der Waals surface area contributed by atoms with E-state index in [1.807, 2.05) is 0 Å². The smallest absolute Gasteiger partial charge is 0.475 e. The maximum atomic E-state index is 14.3. The van der Waals surface area contributed by atoms with Crippen molar-refractivity contribution in [2.75, 3.05) is 5.32 Å². The predicted molar refractivity (Wildman–Crippen MR) is 172 cm³/mol. The molecule has 52 heavy (non-hydrogen) atoms. The molecule has 2 aromatic carbocycles. The highest BCUT2D eigenvalue weighted by molar-refractivity contribution is 6.31. The number of carbonyl (C=O) groups excluding carboxylic acids is 1. The van der Waals surface area contributed by atoms with E-state index in [4.69, 9.17) is 21.5 Å². The van der Waals surface area contributed by atoms with E-state index in [9.17, 15) is 40.3 Å². The number of amides is 1. The lowest BCUT2D eigenvalue weighted by atomic mass is 9.94. The van der Waals surface area contributed by atoms with Crippen molar-refractivity contribution in [3.8, 4) is 28.1 Å². The number of anilines is 1. The number of nitrogens with zero attached hydrogens (tertiary/aromatic N) is 6. The summed E-state index contributed by atoms with van der Waals surface area (Å²) in [6, 6.07) is 11.0. The number of fused-ring (bicyclic) bond motifs is 4. The molecule has 0 saturated heterocycles. The van der Waals surface area contributed by atoms with E-state index in [0.717, 1.165) is 10.9 Å². The van der Waals surface area contributed by atoms with Crippen LogP contribution >= 0.6 is 11.6 Å². The van der Waals surface area contributed by atoms with E-state index in [1.165, 1.54) is 53.4 Å². The van der Waals surface area contributed by atoms with Crippen molar-refractivity contribution in [3.63, 3.8) is 0 Å². The second-order valence-corrected chi connectivity index (χ2v) is 12.0. The fraction of sp³-hybridized carbons (Fsp3) is 0.242. The summed E-state index contributed by atoms with van der Waals surface area (Å²) in [4.78, 5) is 44.4. The highest BCUT2D eigenvalue weighted by Crippen LogP contribution is 2.35. The van der Waals surface area contributed by atoms with E-state index in [2.05, 4.69) is 25.6 Å². The number of alkyl halides is 6. The normalized spacial score (nSPS) is 16.4. The fourth-order valence-electron chi connectivity index (χ4n) is 5.34. The Labute approximate surface area is 293 Å². The third-order valence-electron chi connectivity index (χ3n) is 7.94. The van der Waals surface area contributed by atoms with E-state index in [0.29, 0.717) is 41.6 Å². The third-order valence-corrected chi connectivity index (χ3v) is 8.17. The molecule has 0 fully saturated rings. The molecule has 0 aliphatic carbocycles. The molecule has 5 aromatic rings. The summed E-state index contributed by atoms with van der Waals surface area (Å²) in [5.41, 5.74) is 1.10. The number of hydrogen-bond acceptors (Lipinski definition) is 7. The lowest BCUT2D eigenvalue weighted by Crippen LogP contribution is -2.26. The molecule has 2 N–H and O–H groups in total. The van der Waals surface area contributed by atoms with Gasteiger partial charge in [-0.25, -0.2) is 18.9 Å². The topological polar surface area (TPSA) is 145 Å². The zero-order valence-electron chi connectivity index (χ0n) is 26.6. The quantitative estimate of drug-likeness (QED) is 0.182. The monoisotopic (exact) mass is 751 g/mol. The highest BCUT2D eigenvalue weighted by Gasteiger charge is 2.38. The van der Waals surface area contributed by atoms with Gasteiger partial charge in [0.15, 0.2) is 5.69 Å². The average Bonchev–Trinajstić information content (AvgIpc) is 3.58. The Morgan fingerprint density at radius 2 is 1.71 bits per heavy atom. The molecular formula is C33H25ClF7N7O4. The molecule has 0 radical (unpaired) electrons. The van der Waals surface area contributed by atoms with Gasteiger partial charge in [0.25, 0.3) is 5.56 Å². The molecule has 1 amide bonds. The van der Waals surface area contributed by atoms with Crippen LogP contribution in [0.25, 0.3) is 28.1 Å². The predicted octanol–water partition coefficient (Wildman–Crippen LogP) is 7.35. The summed E-state index contributed by atoms with van der Waals surface area (Å²) in [6.45, 7) is 1.80. The number of carboxylic acids is 1. The minimum atomic E-state index is -5.08. The minimum absolute atomic E-state index is 0.160. The van der Waals surface area contributed by atoms with E-state index in [-0.39, 0.29) is 33.8 Å². The van der Waals surface area contributed by atoms with Crippen LogP contribution in [0.15, 0.2) is 78.2 Å². The van der Waals surface area contributed by atoms with Gasteiger partial charge in [0.2, 0.25) is 5.91 Å². The molecular weight excluding hydrogens is 727 g/mol. The number of aliphatic carboxylic acids is 1. The number of nitrogens with one attached hydrogen (secondary N) is 1. The third kappa shape index (κ3) is 8.62. The Balaban J connectivity index is 0.000000679. The Morgan fingerprint density at radius 3 is 2.37 bits per heavy atom. The first-order valence-electron chi connectivity index (χ1n) is 15.2. The number of aromatic nitrogens is 6. The van der Waals surface area contributed by atoms with E-state index >= 15 is 0 Å². The van der Waals surface area contributed by atoms with Crippen molar-refractivity contribution in [3.05, 3.63) is 106 Å². The first-order valence-corrected chi connectivity index (χ1v) is 15.5. The van der Waals surface area contributed by atoms with Crippen LogP contribution < -0.4 is 10.9 Å². The molecule has 6 rings (SSSR count). The van der Waals surface area contributed by atoms with Crippen LogP contribution in [0.3, 0.4) is 0 Å². The Morgan fingerprint density at radius 1 is 0.981 bits per heavy atom. The van der Waals surface area contributed by atoms with Gasteiger partial charge in [-0.3, -0.25) is 19.1 Å². The van der Waals surface area contributed by atoms with Gasteiger partial charge in [-0.1, -0.05) is 30.2 Å². The zero-order chi connectivity index (χ0) is 38.0. The van der Waals surface area contributed by atoms with Crippen LogP contribution in [0.2, 0.25) is 5.02 Å². The van der Waals surface area contributed by atoms with Crippen molar-refractivity contribution in [2.45, 2.75) is 44.6 Å². The van der Waals surface area contributed by atoms with Gasteiger partial charge in [0.05, 0.1) is 29.9 Å². The summed E-state index contributed by atoms with van der Waals surface area (Å²) in [5.74, 6) is -3.80. The lowest BCUT2D eigenvalue weighted by Gasteiger charge is -2.23. The molecule has 1 aliphatic rings. The van der Waals surface area contributed by atoms with Crippen LogP contribution in [0.1, 0.15) is 43.5 Å². The first kappa shape index (κ1) is 37.6. The minimum Gasteiger partial charge on any atom is -0.475 e. The summed E-state index contributed by atoms with van der Waals surface area (Å²) >= 11 is 6.22. The number of halogens is 8. The van der Waals surface area contributed by atoms with Gasteiger partial charge in [-0.15, -0.1) is 5.10 Å². The maximum Gasteiger partial charge on any atom is 0.490 e. The number of pyridine rings is 1. The summed E-state index contributed by atoms with van der Waals surface area (Å²) in [6.07, 6.45) is -2.93. The van der Waals surface area contributed by atoms with Gasteiger partial charge < -0.3 is 10.4 Å². The molecule has 272 valence electrons. The number of rotatable bonds is 3. The molecule has 1 aliphatic heterocycles. The van der Waals surface area contributed by atoms with Crippen molar-refractivity contribution in [1.82, 2.24) is 29.5 Å². The standard InChI is InChI=1S/C31H24ClF4N7O2.C2HF3O2/c1-17-3-2-4-26(19-9-18(13-37-14-19)22-11-21(33)6-7-24(22)39-30(17)45)42-16-38-25(12-29(42)44)23-10-20(32)5-8-27(23)43-15-28(40-41-43)31(34,35)36;3-2(4,5)1(6)7/h5-17,26H,2-4H2,1H3,(H,39,45);(H,6,7)/t17-,26+;/m1./s1. The average molecular weight is 752 g/mol. The molecule has 19 heteroatoms. The zero-order valence-corrected chi connectivity index (χ0v) is 27.3. The maximum absolute atomic E-state index is 14.3. The van der Waals surface area contributed by atoms with Gasteiger partial charge in [-0.05, 0) is 60.9 Å².